The maximum atomic E-state index is 15.3. The highest BCUT2D eigenvalue weighted by Crippen LogP contribution is 2.32. The van der Waals surface area contributed by atoms with Crippen LogP contribution in [0.15, 0.2) is 58.5 Å². The van der Waals surface area contributed by atoms with Crippen molar-refractivity contribution in [1.29, 1.82) is 0 Å². The van der Waals surface area contributed by atoms with Crippen molar-refractivity contribution < 1.29 is 41.8 Å². The normalized spacial score (nSPS) is 20.9. The molecule has 0 aliphatic carbocycles. The molecule has 17 heteroatoms. The van der Waals surface area contributed by atoms with Gasteiger partial charge in [0, 0.05) is 58.3 Å². The molecule has 3 aliphatic heterocycles. The van der Waals surface area contributed by atoms with Crippen molar-refractivity contribution in [3.63, 3.8) is 0 Å². The Bertz CT molecular complexity index is 1650. The summed E-state index contributed by atoms with van der Waals surface area (Å²) in [5.41, 5.74) is 1.35. The van der Waals surface area contributed by atoms with Gasteiger partial charge in [0.05, 0.1) is 47.0 Å². The number of nitrogens with zero attached hydrogens (tertiary/aromatic N) is 3. The number of alkyl carbamates (subject to hydrolysis) is 1. The molecule has 2 aromatic carbocycles. The second-order valence-electron chi connectivity index (χ2n) is 13.8. The highest BCUT2D eigenvalue weighted by atomic mass is 127. The molecule has 2 saturated heterocycles. The summed E-state index contributed by atoms with van der Waals surface area (Å²) < 4.78 is 61.7. The van der Waals surface area contributed by atoms with Gasteiger partial charge in [-0.1, -0.05) is 52.9 Å². The maximum Gasteiger partial charge on any atom is 0.407 e. The topological polar surface area (TPSA) is 155 Å². The summed E-state index contributed by atoms with van der Waals surface area (Å²) in [6.07, 6.45) is -0.367. The Morgan fingerprint density at radius 3 is 2.51 bits per heavy atom. The molecule has 3 aliphatic rings. The van der Waals surface area contributed by atoms with Crippen molar-refractivity contribution in [2.45, 2.75) is 50.5 Å². The van der Waals surface area contributed by atoms with Crippen molar-refractivity contribution in [2.24, 2.45) is 21.8 Å². The number of ether oxygens (including phenoxy) is 3. The first-order chi connectivity index (χ1) is 26.6. The predicted molar refractivity (Wildman–Crippen MR) is 210 cm³/mol. The van der Waals surface area contributed by atoms with E-state index in [-0.39, 0.29) is 56.1 Å². The molecule has 4 N–H and O–H groups in total. The minimum atomic E-state index is -1.20. The number of carbonyl (C=O) groups is 3. The average molecular weight is 884 g/mol. The van der Waals surface area contributed by atoms with Gasteiger partial charge < -0.3 is 40.4 Å². The molecule has 1 unspecified atom stereocenters. The van der Waals surface area contributed by atoms with Crippen LogP contribution in [0.5, 0.6) is 0 Å². The summed E-state index contributed by atoms with van der Waals surface area (Å²) in [6, 6.07) is 10.2. The third-order valence-electron chi connectivity index (χ3n) is 9.64. The lowest BCUT2D eigenvalue weighted by Crippen LogP contribution is -2.58. The van der Waals surface area contributed by atoms with Crippen LogP contribution in [-0.4, -0.2) is 129 Å². The van der Waals surface area contributed by atoms with Gasteiger partial charge in [-0.25, -0.2) is 27.8 Å². The molecule has 300 valence electrons. The molecular formula is C38H49F3IN7O6. The van der Waals surface area contributed by atoms with E-state index in [4.69, 9.17) is 24.2 Å². The lowest BCUT2D eigenvalue weighted by Gasteiger charge is -2.41. The van der Waals surface area contributed by atoms with Crippen molar-refractivity contribution >= 4 is 52.2 Å². The summed E-state index contributed by atoms with van der Waals surface area (Å²) in [7, 11) is 0. The summed E-state index contributed by atoms with van der Waals surface area (Å²) in [5, 5.41) is 11.3. The zero-order chi connectivity index (χ0) is 39.2. The number of rotatable bonds is 18. The molecule has 0 spiro atoms. The third kappa shape index (κ3) is 12.6. The number of hydrogen-bond acceptors (Lipinski definition) is 9. The fourth-order valence-electron chi connectivity index (χ4n) is 6.86. The summed E-state index contributed by atoms with van der Waals surface area (Å²) in [4.78, 5) is 49.5. The van der Waals surface area contributed by atoms with Crippen LogP contribution in [0.2, 0.25) is 0 Å². The number of hydrogen-bond donors (Lipinski definition) is 4. The van der Waals surface area contributed by atoms with Gasteiger partial charge in [-0.05, 0) is 49.4 Å². The minimum Gasteiger partial charge on any atom is -0.447 e. The number of benzene rings is 2. The fraction of sp³-hybridized carbons (Fsp3) is 0.553. The molecular weight excluding hydrogens is 834 g/mol. The van der Waals surface area contributed by atoms with Crippen LogP contribution in [0, 0.1) is 23.5 Å². The van der Waals surface area contributed by atoms with E-state index < -0.39 is 54.0 Å². The van der Waals surface area contributed by atoms with Crippen molar-refractivity contribution in [3.8, 4) is 0 Å². The number of amidine groups is 1. The SMILES string of the molecule is C[C@@H](COC(=O)NCCOCCNC(=O)CI)NC(=O)N(C[C@@H]1CNC[C@@H]1F)[C@@H](C1=NC(c2cc(F)ccc2F)=NC1Cc1ccccc1)C1CCOCC1. The Labute approximate surface area is 332 Å². The summed E-state index contributed by atoms with van der Waals surface area (Å²) >= 11 is 1.97. The first-order valence-corrected chi connectivity index (χ1v) is 20.1. The molecule has 5 rings (SSSR count). The lowest BCUT2D eigenvalue weighted by molar-refractivity contribution is -0.118. The molecule has 3 heterocycles. The minimum absolute atomic E-state index is 0.0254. The number of aliphatic imine (C=N–C) groups is 2. The average Bonchev–Trinajstić information content (AvgIpc) is 3.79. The van der Waals surface area contributed by atoms with Crippen LogP contribution in [0.1, 0.15) is 30.9 Å². The monoisotopic (exact) mass is 883 g/mol. The van der Waals surface area contributed by atoms with Gasteiger partial charge >= 0.3 is 12.1 Å². The second kappa shape index (κ2) is 21.5. The van der Waals surface area contributed by atoms with E-state index in [0.29, 0.717) is 62.3 Å². The van der Waals surface area contributed by atoms with Gasteiger partial charge in [-0.2, -0.15) is 0 Å². The lowest BCUT2D eigenvalue weighted by atomic mass is 9.83. The molecule has 4 amide bonds. The number of alkyl halides is 2. The Hall–Kier alpha value is -3.81. The van der Waals surface area contributed by atoms with Gasteiger partial charge in [0.15, 0.2) is 5.84 Å². The molecule has 2 aromatic rings. The quantitative estimate of drug-likeness (QED) is 0.101. The molecule has 0 aromatic heterocycles. The summed E-state index contributed by atoms with van der Waals surface area (Å²) in [5.74, 6) is -2.07. The highest BCUT2D eigenvalue weighted by Gasteiger charge is 2.43. The van der Waals surface area contributed by atoms with Crippen molar-refractivity contribution in [2.75, 3.05) is 70.2 Å². The van der Waals surface area contributed by atoms with Crippen molar-refractivity contribution in [3.05, 3.63) is 71.3 Å². The third-order valence-corrected chi connectivity index (χ3v) is 10.3. The fourth-order valence-corrected chi connectivity index (χ4v) is 7.13. The zero-order valence-electron chi connectivity index (χ0n) is 30.8. The molecule has 0 saturated carbocycles. The van der Waals surface area contributed by atoms with Crippen LogP contribution < -0.4 is 21.3 Å². The van der Waals surface area contributed by atoms with Crippen LogP contribution in [0.3, 0.4) is 0 Å². The molecule has 0 radical (unpaired) electrons. The molecule has 13 nitrogen and oxygen atoms in total. The van der Waals surface area contributed by atoms with Gasteiger partial charge in [0.1, 0.15) is 24.4 Å². The number of urea groups is 1. The van der Waals surface area contributed by atoms with E-state index in [1.54, 1.807) is 11.8 Å². The Kier molecular flexibility index (Phi) is 16.5. The largest absolute Gasteiger partial charge is 0.447 e. The Balaban J connectivity index is 1.34. The van der Waals surface area contributed by atoms with E-state index in [1.165, 1.54) is 0 Å². The Morgan fingerprint density at radius 1 is 1.05 bits per heavy atom. The molecule has 2 fully saturated rings. The van der Waals surface area contributed by atoms with Crippen molar-refractivity contribution in [1.82, 2.24) is 26.2 Å². The smallest absolute Gasteiger partial charge is 0.407 e. The number of amides is 4. The van der Waals surface area contributed by atoms with E-state index >= 15 is 8.78 Å². The second-order valence-corrected chi connectivity index (χ2v) is 14.5. The number of nitrogens with one attached hydrogen (secondary N) is 4. The van der Waals surface area contributed by atoms with Gasteiger partial charge in [0.25, 0.3) is 0 Å². The predicted octanol–water partition coefficient (Wildman–Crippen LogP) is 3.82. The molecule has 0 bridgehead atoms. The summed E-state index contributed by atoms with van der Waals surface area (Å²) in [6.45, 7) is 4.01. The zero-order valence-corrected chi connectivity index (χ0v) is 32.9. The van der Waals surface area contributed by atoms with Crippen LogP contribution >= 0.6 is 22.6 Å². The first-order valence-electron chi connectivity index (χ1n) is 18.6. The van der Waals surface area contributed by atoms with E-state index in [0.717, 1.165) is 23.8 Å². The van der Waals surface area contributed by atoms with Gasteiger partial charge in [0.2, 0.25) is 5.91 Å². The van der Waals surface area contributed by atoms with E-state index in [1.807, 2.05) is 52.9 Å². The van der Waals surface area contributed by atoms with E-state index in [9.17, 15) is 18.8 Å². The first kappa shape index (κ1) is 42.3. The van der Waals surface area contributed by atoms with Gasteiger partial charge in [-0.3, -0.25) is 9.79 Å². The standard InChI is InChI=1S/C38H49F3IN7O6/c1-24(23-55-38(52)45-12-16-54-15-11-44-33(50)19-42)46-37(51)49(22-27-20-43-21-31(27)41)35(26-9-13-53-14-10-26)34-32(17-25-5-3-2-4-6-25)47-36(48-34)29-18-28(39)7-8-30(29)40/h2-8,18,24,26-27,31-32,35,43H,9-17,19-23H2,1H3,(H,44,50)(H,45,52)(H,46,51)/t24-,27-,31-,32?,35+/m0/s1. The van der Waals surface area contributed by atoms with E-state index in [2.05, 4.69) is 21.3 Å². The van der Waals surface area contributed by atoms with Crippen LogP contribution in [0.25, 0.3) is 0 Å². The van der Waals surface area contributed by atoms with Crippen LogP contribution in [0.4, 0.5) is 22.8 Å². The maximum absolute atomic E-state index is 15.3. The highest BCUT2D eigenvalue weighted by molar-refractivity contribution is 14.1. The number of carbonyl (C=O) groups excluding carboxylic acids is 3. The van der Waals surface area contributed by atoms with Crippen LogP contribution in [-0.2, 0) is 25.4 Å². The Morgan fingerprint density at radius 2 is 1.80 bits per heavy atom. The molecule has 5 atom stereocenters. The molecule has 55 heavy (non-hydrogen) atoms. The van der Waals surface area contributed by atoms with Gasteiger partial charge in [-0.15, -0.1) is 0 Å². The number of halogens is 4.